The van der Waals surface area contributed by atoms with Crippen LogP contribution in [0.2, 0.25) is 0 Å². The van der Waals surface area contributed by atoms with Crippen LogP contribution < -0.4 is 0 Å². The minimum atomic E-state index is 0.908. The Hall–Kier alpha value is -6.44. The van der Waals surface area contributed by atoms with Crippen molar-refractivity contribution in [1.82, 2.24) is 0 Å². The minimum Gasteiger partial charge on any atom is -0.455 e. The highest BCUT2D eigenvalue weighted by Gasteiger charge is 2.22. The van der Waals surface area contributed by atoms with Crippen LogP contribution in [0.3, 0.4) is 0 Å². The van der Waals surface area contributed by atoms with Gasteiger partial charge in [0.1, 0.15) is 11.2 Å². The third-order valence-corrected chi connectivity index (χ3v) is 10.0. The summed E-state index contributed by atoms with van der Waals surface area (Å²) < 4.78 is 6.74. The van der Waals surface area contributed by atoms with E-state index < -0.39 is 0 Å². The van der Waals surface area contributed by atoms with E-state index in [9.17, 15) is 0 Å². The van der Waals surface area contributed by atoms with Crippen molar-refractivity contribution in [2.45, 2.75) is 0 Å². The van der Waals surface area contributed by atoms with Crippen molar-refractivity contribution in [3.8, 4) is 44.5 Å². The lowest BCUT2D eigenvalue weighted by molar-refractivity contribution is 0.670. The molecule has 0 bridgehead atoms. The van der Waals surface area contributed by atoms with Gasteiger partial charge in [-0.05, 0) is 89.5 Å². The smallest absolute Gasteiger partial charge is 0.143 e. The summed E-state index contributed by atoms with van der Waals surface area (Å²) in [5.41, 5.74) is 11.4. The first-order chi connectivity index (χ1) is 24.3. The van der Waals surface area contributed by atoms with E-state index in [2.05, 4.69) is 182 Å². The monoisotopic (exact) mass is 622 g/mol. The third kappa shape index (κ3) is 4.33. The van der Waals surface area contributed by atoms with E-state index in [1.54, 1.807) is 0 Å². The summed E-state index contributed by atoms with van der Waals surface area (Å²) in [5, 5.41) is 9.65. The van der Waals surface area contributed by atoms with E-state index in [0.29, 0.717) is 0 Å². The maximum absolute atomic E-state index is 6.74. The van der Waals surface area contributed by atoms with Crippen LogP contribution in [0.1, 0.15) is 0 Å². The van der Waals surface area contributed by atoms with Crippen LogP contribution in [-0.2, 0) is 0 Å². The molecule has 9 aromatic carbocycles. The van der Waals surface area contributed by atoms with E-state index >= 15 is 0 Å². The van der Waals surface area contributed by atoms with Crippen molar-refractivity contribution >= 4 is 54.3 Å². The summed E-state index contributed by atoms with van der Waals surface area (Å²) in [6, 6.07) is 65.7. The number of hydrogen-bond donors (Lipinski definition) is 0. The van der Waals surface area contributed by atoms with Gasteiger partial charge in [-0.15, -0.1) is 0 Å². The molecule has 0 spiro atoms. The molecule has 1 aromatic heterocycles. The van der Waals surface area contributed by atoms with Gasteiger partial charge >= 0.3 is 0 Å². The van der Waals surface area contributed by atoms with E-state index in [1.807, 2.05) is 0 Å². The molecule has 0 saturated carbocycles. The number of fused-ring (bicyclic) bond motifs is 7. The van der Waals surface area contributed by atoms with Crippen LogP contribution in [0, 0.1) is 0 Å². The van der Waals surface area contributed by atoms with Gasteiger partial charge < -0.3 is 4.42 Å². The summed E-state index contributed by atoms with van der Waals surface area (Å²) >= 11 is 0. The van der Waals surface area contributed by atoms with Crippen LogP contribution >= 0.6 is 0 Å². The summed E-state index contributed by atoms with van der Waals surface area (Å²) in [7, 11) is 0. The number of rotatable bonds is 4. The lowest BCUT2D eigenvalue weighted by Crippen LogP contribution is -1.93. The Labute approximate surface area is 284 Å². The maximum Gasteiger partial charge on any atom is 0.143 e. The summed E-state index contributed by atoms with van der Waals surface area (Å²) in [4.78, 5) is 0. The lowest BCUT2D eigenvalue weighted by Gasteiger charge is -2.20. The molecule has 228 valence electrons. The van der Waals surface area contributed by atoms with Gasteiger partial charge in [0.25, 0.3) is 0 Å². The van der Waals surface area contributed by atoms with Gasteiger partial charge in [-0.25, -0.2) is 0 Å². The number of benzene rings is 9. The third-order valence-electron chi connectivity index (χ3n) is 10.0. The molecule has 1 nitrogen and oxygen atoms in total. The lowest BCUT2D eigenvalue weighted by atomic mass is 9.83. The van der Waals surface area contributed by atoms with Crippen LogP contribution in [-0.4, -0.2) is 0 Å². The molecule has 1 heteroatoms. The van der Waals surface area contributed by atoms with Crippen molar-refractivity contribution < 1.29 is 4.42 Å². The van der Waals surface area contributed by atoms with Gasteiger partial charge in [-0.2, -0.15) is 0 Å². The molecule has 0 amide bonds. The van der Waals surface area contributed by atoms with Gasteiger partial charge in [0, 0.05) is 16.3 Å². The van der Waals surface area contributed by atoms with E-state index in [0.717, 1.165) is 33.1 Å². The Kier molecular flexibility index (Phi) is 6.25. The zero-order valence-corrected chi connectivity index (χ0v) is 26.7. The first-order valence-corrected chi connectivity index (χ1v) is 16.9. The molecule has 0 radical (unpaired) electrons. The van der Waals surface area contributed by atoms with Crippen molar-refractivity contribution in [2.75, 3.05) is 0 Å². The van der Waals surface area contributed by atoms with Crippen molar-refractivity contribution in [2.24, 2.45) is 0 Å². The molecule has 1 heterocycles. The predicted molar refractivity (Wildman–Crippen MR) is 208 cm³/mol. The van der Waals surface area contributed by atoms with Gasteiger partial charge in [0.15, 0.2) is 0 Å². The normalized spacial score (nSPS) is 11.7. The molecule has 0 saturated heterocycles. The van der Waals surface area contributed by atoms with Crippen LogP contribution in [0.25, 0.3) is 98.8 Å². The molecule has 10 aromatic rings. The predicted octanol–water partition coefficient (Wildman–Crippen LogP) is 13.7. The second-order valence-corrected chi connectivity index (χ2v) is 12.8. The Morgan fingerprint density at radius 2 is 0.816 bits per heavy atom. The van der Waals surface area contributed by atoms with Crippen LogP contribution in [0.15, 0.2) is 186 Å². The van der Waals surface area contributed by atoms with Crippen LogP contribution in [0.5, 0.6) is 0 Å². The van der Waals surface area contributed by atoms with Gasteiger partial charge in [-0.3, -0.25) is 0 Å². The Morgan fingerprint density at radius 1 is 0.306 bits per heavy atom. The SMILES string of the molecule is c1ccc(-c2ccccc2-c2c3ccccc3c(-c3cc(-c4ccccc4)c4oc5ccc6ccccc6c5c4c3)c3ccccc23)cc1. The first-order valence-electron chi connectivity index (χ1n) is 16.9. The molecular formula is C48H30O. The molecule has 0 fully saturated rings. The average molecular weight is 623 g/mol. The summed E-state index contributed by atoms with van der Waals surface area (Å²) in [5.74, 6) is 0. The molecule has 0 N–H and O–H groups in total. The van der Waals surface area contributed by atoms with Crippen LogP contribution in [0.4, 0.5) is 0 Å². The van der Waals surface area contributed by atoms with Gasteiger partial charge in [0.2, 0.25) is 0 Å². The summed E-state index contributed by atoms with van der Waals surface area (Å²) in [6.07, 6.45) is 0. The Balaban J connectivity index is 1.35. The van der Waals surface area contributed by atoms with Crippen molar-refractivity contribution in [3.05, 3.63) is 182 Å². The quantitative estimate of drug-likeness (QED) is 0.178. The molecular weight excluding hydrogens is 593 g/mol. The highest BCUT2D eigenvalue weighted by molar-refractivity contribution is 6.25. The molecule has 0 unspecified atom stereocenters. The topological polar surface area (TPSA) is 13.1 Å². The number of hydrogen-bond acceptors (Lipinski definition) is 1. The molecule has 0 aliphatic rings. The molecule has 49 heavy (non-hydrogen) atoms. The Bertz CT molecular complexity index is 2800. The fraction of sp³-hybridized carbons (Fsp3) is 0. The second-order valence-electron chi connectivity index (χ2n) is 12.8. The van der Waals surface area contributed by atoms with E-state index in [-0.39, 0.29) is 0 Å². The Morgan fingerprint density at radius 3 is 1.47 bits per heavy atom. The fourth-order valence-corrected chi connectivity index (χ4v) is 7.93. The zero-order chi connectivity index (χ0) is 32.3. The largest absolute Gasteiger partial charge is 0.455 e. The fourth-order valence-electron chi connectivity index (χ4n) is 7.93. The molecule has 0 atom stereocenters. The zero-order valence-electron chi connectivity index (χ0n) is 26.7. The number of furan rings is 1. The first kappa shape index (κ1) is 27.7. The molecule has 0 aliphatic heterocycles. The molecule has 10 rings (SSSR count). The second kappa shape index (κ2) is 11.1. The highest BCUT2D eigenvalue weighted by atomic mass is 16.3. The maximum atomic E-state index is 6.74. The molecule has 0 aliphatic carbocycles. The van der Waals surface area contributed by atoms with E-state index in [1.165, 1.54) is 65.7 Å². The van der Waals surface area contributed by atoms with Gasteiger partial charge in [-0.1, -0.05) is 164 Å². The average Bonchev–Trinajstić information content (AvgIpc) is 3.56. The van der Waals surface area contributed by atoms with Crippen molar-refractivity contribution in [3.63, 3.8) is 0 Å². The van der Waals surface area contributed by atoms with Gasteiger partial charge in [0.05, 0.1) is 0 Å². The standard InChI is InChI=1S/C48H30O/c1-3-15-31(16-4-1)35-20-9-10-22-37(35)46-40-25-13-11-23-38(40)45(39-24-12-14-26-41(39)46)34-29-42(32-17-5-2-6-18-32)48-43(30-34)47-36-21-8-7-19-33(36)27-28-44(47)49-48/h1-30H. The van der Waals surface area contributed by atoms with Crippen molar-refractivity contribution in [1.29, 1.82) is 0 Å². The van der Waals surface area contributed by atoms with E-state index in [4.69, 9.17) is 4.42 Å². The summed E-state index contributed by atoms with van der Waals surface area (Å²) in [6.45, 7) is 0. The highest BCUT2D eigenvalue weighted by Crippen LogP contribution is 2.48. The minimum absolute atomic E-state index is 0.908.